The highest BCUT2D eigenvalue weighted by Gasteiger charge is 2.38. The van der Waals surface area contributed by atoms with Crippen LogP contribution in [0.5, 0.6) is 0 Å². The molecule has 0 aliphatic heterocycles. The van der Waals surface area contributed by atoms with Crippen LogP contribution in [0.1, 0.15) is 19.4 Å². The van der Waals surface area contributed by atoms with E-state index in [1.165, 1.54) is 7.11 Å². The molecule has 0 saturated carbocycles. The SMILES string of the molecule is CCOC(=O)N(C(=O)OCC)[C@@H](Cc1ccccc1)C(=O)OC. The van der Waals surface area contributed by atoms with Gasteiger partial charge in [0.2, 0.25) is 0 Å². The van der Waals surface area contributed by atoms with Crippen LogP contribution in [0.3, 0.4) is 0 Å². The third kappa shape index (κ3) is 5.28. The molecule has 7 nitrogen and oxygen atoms in total. The van der Waals surface area contributed by atoms with Gasteiger partial charge >= 0.3 is 18.2 Å². The van der Waals surface area contributed by atoms with E-state index in [1.54, 1.807) is 38.1 Å². The Hall–Kier alpha value is -2.57. The number of hydrogen-bond donors (Lipinski definition) is 0. The largest absolute Gasteiger partial charge is 0.467 e. The summed E-state index contributed by atoms with van der Waals surface area (Å²) < 4.78 is 14.5. The number of imide groups is 1. The molecule has 1 atom stereocenters. The topological polar surface area (TPSA) is 82.1 Å². The highest BCUT2D eigenvalue weighted by Crippen LogP contribution is 2.14. The van der Waals surface area contributed by atoms with Crippen molar-refractivity contribution in [2.45, 2.75) is 26.3 Å². The lowest BCUT2D eigenvalue weighted by Gasteiger charge is -2.26. The molecule has 0 heterocycles. The van der Waals surface area contributed by atoms with Crippen molar-refractivity contribution in [2.75, 3.05) is 20.3 Å². The molecule has 7 heteroatoms. The van der Waals surface area contributed by atoms with Gasteiger partial charge in [0.15, 0.2) is 0 Å². The quantitative estimate of drug-likeness (QED) is 0.590. The third-order valence-electron chi connectivity index (χ3n) is 2.99. The average molecular weight is 323 g/mol. The molecular weight excluding hydrogens is 302 g/mol. The van der Waals surface area contributed by atoms with Gasteiger partial charge in [-0.05, 0) is 19.4 Å². The Morgan fingerprint density at radius 1 is 1.00 bits per heavy atom. The summed E-state index contributed by atoms with van der Waals surface area (Å²) in [5.74, 6) is -0.727. The van der Waals surface area contributed by atoms with E-state index in [-0.39, 0.29) is 19.6 Å². The van der Waals surface area contributed by atoms with Crippen LogP contribution in [0.4, 0.5) is 9.59 Å². The number of amides is 2. The van der Waals surface area contributed by atoms with Crippen molar-refractivity contribution in [1.29, 1.82) is 0 Å². The first-order valence-corrected chi connectivity index (χ1v) is 7.29. The molecule has 0 N–H and O–H groups in total. The molecule has 0 spiro atoms. The first-order chi connectivity index (χ1) is 11.0. The second-order valence-electron chi connectivity index (χ2n) is 4.50. The summed E-state index contributed by atoms with van der Waals surface area (Å²) in [6.07, 6.45) is -1.79. The zero-order chi connectivity index (χ0) is 17.2. The van der Waals surface area contributed by atoms with Crippen LogP contribution in [0.25, 0.3) is 0 Å². The first-order valence-electron chi connectivity index (χ1n) is 7.29. The van der Waals surface area contributed by atoms with E-state index in [9.17, 15) is 14.4 Å². The minimum absolute atomic E-state index is 0.0635. The van der Waals surface area contributed by atoms with Gasteiger partial charge in [-0.25, -0.2) is 14.4 Å². The zero-order valence-electron chi connectivity index (χ0n) is 13.5. The van der Waals surface area contributed by atoms with Crippen LogP contribution in [0, 0.1) is 0 Å². The average Bonchev–Trinajstić information content (AvgIpc) is 2.55. The fourth-order valence-electron chi connectivity index (χ4n) is 1.97. The van der Waals surface area contributed by atoms with Crippen molar-refractivity contribution in [2.24, 2.45) is 0 Å². The van der Waals surface area contributed by atoms with Crippen LogP contribution < -0.4 is 0 Å². The number of nitrogens with zero attached hydrogens (tertiary/aromatic N) is 1. The number of carbonyl (C=O) groups is 3. The number of hydrogen-bond acceptors (Lipinski definition) is 6. The van der Waals surface area contributed by atoms with Crippen LogP contribution in [0.2, 0.25) is 0 Å². The van der Waals surface area contributed by atoms with Crippen molar-refractivity contribution in [3.63, 3.8) is 0 Å². The van der Waals surface area contributed by atoms with Gasteiger partial charge in [-0.15, -0.1) is 0 Å². The number of carbonyl (C=O) groups excluding carboxylic acids is 3. The third-order valence-corrected chi connectivity index (χ3v) is 2.99. The number of ether oxygens (including phenoxy) is 3. The predicted molar refractivity (Wildman–Crippen MR) is 81.8 cm³/mol. The van der Waals surface area contributed by atoms with E-state index >= 15 is 0 Å². The van der Waals surface area contributed by atoms with Gasteiger partial charge in [-0.1, -0.05) is 30.3 Å². The Morgan fingerprint density at radius 3 is 1.96 bits per heavy atom. The predicted octanol–water partition coefficient (Wildman–Crippen LogP) is 2.39. The molecule has 0 bridgehead atoms. The minimum Gasteiger partial charge on any atom is -0.467 e. The molecule has 2 amide bonds. The molecule has 23 heavy (non-hydrogen) atoms. The molecule has 1 rings (SSSR count). The lowest BCUT2D eigenvalue weighted by Crippen LogP contribution is -2.50. The Morgan fingerprint density at radius 2 is 1.52 bits per heavy atom. The smallest absolute Gasteiger partial charge is 0.420 e. The maximum Gasteiger partial charge on any atom is 0.420 e. The molecule has 0 aliphatic carbocycles. The number of esters is 1. The summed E-state index contributed by atoms with van der Waals surface area (Å²) in [6.45, 7) is 3.33. The molecule has 0 fully saturated rings. The zero-order valence-corrected chi connectivity index (χ0v) is 13.5. The van der Waals surface area contributed by atoms with E-state index < -0.39 is 24.2 Å². The standard InChI is InChI=1S/C16H21NO6/c1-4-22-15(19)17(16(20)23-5-2)13(14(18)21-3)11-12-9-7-6-8-10-12/h6-10,13H,4-5,11H2,1-3H3/t13-/m0/s1. The van der Waals surface area contributed by atoms with Gasteiger partial charge < -0.3 is 14.2 Å². The van der Waals surface area contributed by atoms with Gasteiger partial charge in [0.1, 0.15) is 6.04 Å². The van der Waals surface area contributed by atoms with Crippen LogP contribution in [-0.2, 0) is 25.4 Å². The molecule has 0 saturated heterocycles. The molecule has 1 aromatic rings. The van der Waals surface area contributed by atoms with Crippen LogP contribution >= 0.6 is 0 Å². The van der Waals surface area contributed by atoms with E-state index in [0.717, 1.165) is 5.56 Å². The van der Waals surface area contributed by atoms with E-state index in [4.69, 9.17) is 14.2 Å². The van der Waals surface area contributed by atoms with Crippen molar-refractivity contribution < 1.29 is 28.6 Å². The van der Waals surface area contributed by atoms with Gasteiger partial charge in [-0.2, -0.15) is 4.90 Å². The normalized spacial score (nSPS) is 11.3. The minimum atomic E-state index is -1.17. The van der Waals surface area contributed by atoms with E-state index in [2.05, 4.69) is 0 Å². The summed E-state index contributed by atoms with van der Waals surface area (Å²) in [5.41, 5.74) is 0.765. The maximum absolute atomic E-state index is 12.1. The Bertz CT molecular complexity index is 513. The van der Waals surface area contributed by atoms with Gasteiger partial charge in [0.25, 0.3) is 0 Å². The molecular formula is C16H21NO6. The molecule has 126 valence electrons. The van der Waals surface area contributed by atoms with E-state index in [0.29, 0.717) is 4.90 Å². The fraction of sp³-hybridized carbons (Fsp3) is 0.438. The monoisotopic (exact) mass is 323 g/mol. The van der Waals surface area contributed by atoms with Crippen LogP contribution in [0.15, 0.2) is 30.3 Å². The van der Waals surface area contributed by atoms with Crippen LogP contribution in [-0.4, -0.2) is 49.4 Å². The Kier molecular flexibility index (Phi) is 7.59. The van der Waals surface area contributed by atoms with Crippen molar-refractivity contribution in [3.8, 4) is 0 Å². The lowest BCUT2D eigenvalue weighted by atomic mass is 10.1. The first kappa shape index (κ1) is 18.5. The summed E-state index contributed by atoms with van der Waals surface area (Å²) >= 11 is 0. The second kappa shape index (κ2) is 9.45. The molecule has 0 aromatic heterocycles. The van der Waals surface area contributed by atoms with Gasteiger partial charge in [0.05, 0.1) is 20.3 Å². The number of rotatable bonds is 6. The lowest BCUT2D eigenvalue weighted by molar-refractivity contribution is -0.145. The Labute approximate surface area is 135 Å². The summed E-state index contributed by atoms with van der Waals surface area (Å²) in [6, 6.07) is 7.81. The molecule has 1 aromatic carbocycles. The number of methoxy groups -OCH3 is 1. The summed E-state index contributed by atoms with van der Waals surface area (Å²) in [4.78, 5) is 37.0. The molecule has 0 aliphatic rings. The molecule has 0 unspecified atom stereocenters. The van der Waals surface area contributed by atoms with Crippen molar-refractivity contribution in [1.82, 2.24) is 4.90 Å². The summed E-state index contributed by atoms with van der Waals surface area (Å²) in [7, 11) is 1.19. The van der Waals surface area contributed by atoms with Gasteiger partial charge in [0, 0.05) is 6.42 Å². The fourth-order valence-corrected chi connectivity index (χ4v) is 1.97. The highest BCUT2D eigenvalue weighted by atomic mass is 16.6. The Balaban J connectivity index is 3.12. The van der Waals surface area contributed by atoms with Crippen molar-refractivity contribution in [3.05, 3.63) is 35.9 Å². The highest BCUT2D eigenvalue weighted by molar-refractivity contribution is 5.94. The summed E-state index contributed by atoms with van der Waals surface area (Å²) in [5, 5.41) is 0. The van der Waals surface area contributed by atoms with Crippen molar-refractivity contribution >= 4 is 18.2 Å². The van der Waals surface area contributed by atoms with Gasteiger partial charge in [-0.3, -0.25) is 0 Å². The number of benzene rings is 1. The maximum atomic E-state index is 12.1. The van der Waals surface area contributed by atoms with E-state index in [1.807, 2.05) is 6.07 Å². The molecule has 0 radical (unpaired) electrons. The second-order valence-corrected chi connectivity index (χ2v) is 4.50.